The predicted octanol–water partition coefficient (Wildman–Crippen LogP) is -0.575. The Labute approximate surface area is 69.9 Å². The number of esters is 1. The van der Waals surface area contributed by atoms with Crippen LogP contribution in [0.5, 0.6) is 0 Å². The van der Waals surface area contributed by atoms with Gasteiger partial charge in [0.05, 0.1) is 13.2 Å². The van der Waals surface area contributed by atoms with E-state index in [9.17, 15) is 4.79 Å². The van der Waals surface area contributed by atoms with E-state index in [1.807, 2.05) is 0 Å². The van der Waals surface area contributed by atoms with Gasteiger partial charge in [-0.2, -0.15) is 5.26 Å². The van der Waals surface area contributed by atoms with Crippen LogP contribution in [-0.4, -0.2) is 42.6 Å². The fourth-order valence-corrected chi connectivity index (χ4v) is 0.137. The van der Waals surface area contributed by atoms with E-state index in [1.165, 1.54) is 7.11 Å². The molecule has 0 saturated carbocycles. The molecular formula is C4H6NNaO2. The van der Waals surface area contributed by atoms with Gasteiger partial charge < -0.3 is 4.74 Å². The van der Waals surface area contributed by atoms with Crippen LogP contribution in [0, 0.1) is 11.3 Å². The van der Waals surface area contributed by atoms with Crippen LogP contribution < -0.4 is 0 Å². The summed E-state index contributed by atoms with van der Waals surface area (Å²) in [6.45, 7) is 0. The van der Waals surface area contributed by atoms with Gasteiger partial charge in [-0.1, -0.05) is 0 Å². The van der Waals surface area contributed by atoms with Crippen LogP contribution in [0.2, 0.25) is 0 Å². The van der Waals surface area contributed by atoms with Gasteiger partial charge in [-0.05, 0) is 0 Å². The van der Waals surface area contributed by atoms with Gasteiger partial charge in [0.2, 0.25) is 0 Å². The molecule has 0 heterocycles. The van der Waals surface area contributed by atoms with Crippen molar-refractivity contribution in [2.45, 2.75) is 6.42 Å². The number of carbonyl (C=O) groups excluding carboxylic acids is 1. The standard InChI is InChI=1S/C4H5NO2.Na.H/c1-7-4(6)2-3-5;;/h2H2,1H3;;. The third-order valence-corrected chi connectivity index (χ3v) is 0.451. The molecule has 0 atom stereocenters. The summed E-state index contributed by atoms with van der Waals surface area (Å²) in [5.41, 5.74) is 0. The fourth-order valence-electron chi connectivity index (χ4n) is 0.137. The molecule has 0 spiro atoms. The van der Waals surface area contributed by atoms with E-state index in [-0.39, 0.29) is 36.0 Å². The number of nitrogens with zero attached hydrogens (tertiary/aromatic N) is 1. The molecule has 0 bridgehead atoms. The van der Waals surface area contributed by atoms with Crippen molar-refractivity contribution in [2.75, 3.05) is 7.11 Å². The summed E-state index contributed by atoms with van der Waals surface area (Å²) in [6, 6.07) is 1.64. The maximum atomic E-state index is 9.97. The average Bonchev–Trinajstić information content (AvgIpc) is 1.68. The first kappa shape index (κ1) is 10.9. The van der Waals surface area contributed by atoms with Crippen LogP contribution in [0.3, 0.4) is 0 Å². The zero-order valence-electron chi connectivity index (χ0n) is 3.97. The molecule has 0 amide bonds. The van der Waals surface area contributed by atoms with Crippen LogP contribution in [0.4, 0.5) is 0 Å². The van der Waals surface area contributed by atoms with Crippen molar-refractivity contribution < 1.29 is 9.53 Å². The quantitative estimate of drug-likeness (QED) is 0.346. The average molecular weight is 123 g/mol. The van der Waals surface area contributed by atoms with Crippen molar-refractivity contribution in [1.82, 2.24) is 0 Å². The van der Waals surface area contributed by atoms with Gasteiger partial charge in [-0.3, -0.25) is 4.79 Å². The molecule has 0 aromatic carbocycles. The Bertz CT molecular complexity index is 107. The van der Waals surface area contributed by atoms with E-state index in [2.05, 4.69) is 4.74 Å². The van der Waals surface area contributed by atoms with Gasteiger partial charge in [0.15, 0.2) is 0 Å². The van der Waals surface area contributed by atoms with E-state index in [0.717, 1.165) is 0 Å². The molecule has 0 fully saturated rings. The zero-order chi connectivity index (χ0) is 5.70. The van der Waals surface area contributed by atoms with Crippen LogP contribution in [-0.2, 0) is 9.53 Å². The summed E-state index contributed by atoms with van der Waals surface area (Å²) in [4.78, 5) is 9.97. The van der Waals surface area contributed by atoms with Gasteiger partial charge >= 0.3 is 35.5 Å². The van der Waals surface area contributed by atoms with Crippen molar-refractivity contribution in [1.29, 1.82) is 5.26 Å². The van der Waals surface area contributed by atoms with E-state index in [4.69, 9.17) is 5.26 Å². The second kappa shape index (κ2) is 6.96. The van der Waals surface area contributed by atoms with Crippen LogP contribution in [0.15, 0.2) is 0 Å². The first-order chi connectivity index (χ1) is 3.31. The summed E-state index contributed by atoms with van der Waals surface area (Å²) in [7, 11) is 1.25. The molecule has 0 unspecified atom stereocenters. The topological polar surface area (TPSA) is 50.1 Å². The number of hydrogen-bond acceptors (Lipinski definition) is 3. The van der Waals surface area contributed by atoms with Gasteiger partial charge in [0, 0.05) is 0 Å². The molecule has 0 aliphatic rings. The van der Waals surface area contributed by atoms with Crippen molar-refractivity contribution in [3.8, 4) is 6.07 Å². The third-order valence-electron chi connectivity index (χ3n) is 0.451. The summed E-state index contributed by atoms with van der Waals surface area (Å²) in [5.74, 6) is -0.484. The molecule has 0 saturated heterocycles. The molecule has 0 aliphatic carbocycles. The Kier molecular flexibility index (Phi) is 9.44. The van der Waals surface area contributed by atoms with Crippen LogP contribution in [0.25, 0.3) is 0 Å². The second-order valence-corrected chi connectivity index (χ2v) is 0.911. The van der Waals surface area contributed by atoms with Gasteiger partial charge in [-0.15, -0.1) is 0 Å². The predicted molar refractivity (Wildman–Crippen MR) is 29.4 cm³/mol. The molecule has 0 radical (unpaired) electrons. The summed E-state index contributed by atoms with van der Waals surface area (Å²) >= 11 is 0. The summed E-state index contributed by atoms with van der Waals surface area (Å²) < 4.78 is 4.13. The summed E-state index contributed by atoms with van der Waals surface area (Å²) in [5, 5.41) is 7.82. The SMILES string of the molecule is COC(=O)CC#N.[NaH]. The summed E-state index contributed by atoms with van der Waals surface area (Å²) in [6.07, 6.45) is -0.156. The molecule has 4 heteroatoms. The number of nitriles is 1. The van der Waals surface area contributed by atoms with Gasteiger partial charge in [0.25, 0.3) is 0 Å². The van der Waals surface area contributed by atoms with Crippen molar-refractivity contribution in [2.24, 2.45) is 0 Å². The fraction of sp³-hybridized carbons (Fsp3) is 0.500. The number of rotatable bonds is 1. The van der Waals surface area contributed by atoms with Crippen molar-refractivity contribution in [3.63, 3.8) is 0 Å². The monoisotopic (exact) mass is 123 g/mol. The van der Waals surface area contributed by atoms with E-state index in [1.54, 1.807) is 6.07 Å². The first-order valence-corrected chi connectivity index (χ1v) is 1.75. The van der Waals surface area contributed by atoms with Gasteiger partial charge in [0.1, 0.15) is 6.42 Å². The van der Waals surface area contributed by atoms with Crippen LogP contribution >= 0.6 is 0 Å². The van der Waals surface area contributed by atoms with Crippen molar-refractivity contribution >= 4 is 35.5 Å². The molecule has 0 N–H and O–H groups in total. The third kappa shape index (κ3) is 5.96. The van der Waals surface area contributed by atoms with Crippen molar-refractivity contribution in [3.05, 3.63) is 0 Å². The van der Waals surface area contributed by atoms with Crippen LogP contribution in [0.1, 0.15) is 6.42 Å². The van der Waals surface area contributed by atoms with E-state index < -0.39 is 5.97 Å². The Balaban J connectivity index is 0. The molecule has 0 aliphatic heterocycles. The Hall–Kier alpha value is -0.0400. The number of carbonyl (C=O) groups is 1. The molecule has 3 nitrogen and oxygen atoms in total. The number of ether oxygens (including phenoxy) is 1. The van der Waals surface area contributed by atoms with E-state index in [0.29, 0.717) is 0 Å². The zero-order valence-corrected chi connectivity index (χ0v) is 3.97. The van der Waals surface area contributed by atoms with Gasteiger partial charge in [-0.25, -0.2) is 0 Å². The first-order valence-electron chi connectivity index (χ1n) is 1.75. The molecular weight excluding hydrogens is 117 g/mol. The molecule has 8 heavy (non-hydrogen) atoms. The Morgan fingerprint density at radius 3 is 2.50 bits per heavy atom. The van der Waals surface area contributed by atoms with E-state index >= 15 is 0 Å². The minimum atomic E-state index is -0.484. The Morgan fingerprint density at radius 1 is 1.88 bits per heavy atom. The second-order valence-electron chi connectivity index (χ2n) is 0.911. The minimum absolute atomic E-state index is 0. The molecule has 0 aromatic rings. The maximum absolute atomic E-state index is 9.97. The molecule has 0 rings (SSSR count). The normalized spacial score (nSPS) is 6.00. The number of methoxy groups -OCH3 is 1. The molecule has 40 valence electrons. The molecule has 0 aromatic heterocycles. The Morgan fingerprint density at radius 2 is 2.38 bits per heavy atom. The number of hydrogen-bond donors (Lipinski definition) is 0.